The smallest absolute Gasteiger partial charge is 0.272 e. The number of nitrogens with two attached hydrogens (primary N) is 1. The maximum atomic E-state index is 12.4. The number of hydrogen-bond acceptors (Lipinski definition) is 3. The molecule has 1 heterocycles. The summed E-state index contributed by atoms with van der Waals surface area (Å²) >= 11 is 0. The van der Waals surface area contributed by atoms with Crippen LogP contribution in [0.2, 0.25) is 0 Å². The van der Waals surface area contributed by atoms with Crippen molar-refractivity contribution in [3.05, 3.63) is 53.6 Å². The lowest BCUT2D eigenvalue weighted by Gasteiger charge is -2.18. The van der Waals surface area contributed by atoms with Crippen LogP contribution in [0.25, 0.3) is 0 Å². The summed E-state index contributed by atoms with van der Waals surface area (Å²) in [6, 6.07) is 7.76. The molecule has 0 unspecified atom stereocenters. The van der Waals surface area contributed by atoms with Crippen LogP contribution in [0, 0.1) is 11.8 Å². The zero-order chi connectivity index (χ0) is 15.2. The first-order valence-electron chi connectivity index (χ1n) is 6.62. The minimum Gasteiger partial charge on any atom is -0.336 e. The number of benzene rings is 1. The second-order valence-corrected chi connectivity index (χ2v) is 4.71. The Bertz CT molecular complexity index is 694. The molecule has 0 spiro atoms. The van der Waals surface area contributed by atoms with Gasteiger partial charge in [-0.25, -0.2) is 4.98 Å². The molecule has 2 aromatic rings. The van der Waals surface area contributed by atoms with E-state index in [0.717, 1.165) is 11.1 Å². The van der Waals surface area contributed by atoms with Gasteiger partial charge in [0.2, 0.25) is 0 Å². The first-order chi connectivity index (χ1) is 10.1. The Kier molecular flexibility index (Phi) is 4.75. The van der Waals surface area contributed by atoms with E-state index in [1.807, 2.05) is 24.3 Å². The first kappa shape index (κ1) is 14.8. The molecule has 5 heteroatoms. The lowest BCUT2D eigenvalue weighted by molar-refractivity contribution is 0.0775. The van der Waals surface area contributed by atoms with Crippen molar-refractivity contribution in [3.8, 4) is 11.8 Å². The van der Waals surface area contributed by atoms with E-state index in [1.54, 1.807) is 36.1 Å². The number of aromatic nitrogens is 2. The van der Waals surface area contributed by atoms with Crippen LogP contribution < -0.4 is 5.73 Å². The number of amides is 1. The standard InChI is InChI=1S/C16H18N4O/c1-19(16(21)15-10-18-12-20(15)2)11-14-7-4-3-6-13(14)8-5-9-17/h3-4,6-7,10,12H,9,11,17H2,1-2H3. The summed E-state index contributed by atoms with van der Waals surface area (Å²) in [5.74, 6) is 5.80. The Balaban J connectivity index is 2.18. The van der Waals surface area contributed by atoms with Gasteiger partial charge in [-0.15, -0.1) is 0 Å². The second kappa shape index (κ2) is 6.73. The highest BCUT2D eigenvalue weighted by atomic mass is 16.2. The molecule has 0 atom stereocenters. The molecule has 0 aliphatic heterocycles. The van der Waals surface area contributed by atoms with Crippen molar-refractivity contribution < 1.29 is 4.79 Å². The van der Waals surface area contributed by atoms with Gasteiger partial charge in [-0.1, -0.05) is 30.0 Å². The van der Waals surface area contributed by atoms with E-state index in [0.29, 0.717) is 18.8 Å². The van der Waals surface area contributed by atoms with Gasteiger partial charge in [-0.2, -0.15) is 0 Å². The summed E-state index contributed by atoms with van der Waals surface area (Å²) in [6.45, 7) is 0.803. The van der Waals surface area contributed by atoms with Gasteiger partial charge in [0.1, 0.15) is 5.69 Å². The van der Waals surface area contributed by atoms with E-state index in [2.05, 4.69) is 16.8 Å². The average Bonchev–Trinajstić information content (AvgIpc) is 2.91. The van der Waals surface area contributed by atoms with Gasteiger partial charge in [0.15, 0.2) is 0 Å². The van der Waals surface area contributed by atoms with Crippen LogP contribution >= 0.6 is 0 Å². The third-order valence-corrected chi connectivity index (χ3v) is 3.13. The molecule has 0 saturated carbocycles. The van der Waals surface area contributed by atoms with E-state index < -0.39 is 0 Å². The molecule has 2 N–H and O–H groups in total. The van der Waals surface area contributed by atoms with Crippen LogP contribution in [0.3, 0.4) is 0 Å². The van der Waals surface area contributed by atoms with E-state index in [-0.39, 0.29) is 5.91 Å². The largest absolute Gasteiger partial charge is 0.336 e. The van der Waals surface area contributed by atoms with Crippen LogP contribution in [-0.2, 0) is 13.6 Å². The molecule has 0 fully saturated rings. The summed E-state index contributed by atoms with van der Waals surface area (Å²) in [4.78, 5) is 18.0. The number of imidazole rings is 1. The molecular formula is C16H18N4O. The molecule has 0 bridgehead atoms. The van der Waals surface area contributed by atoms with E-state index >= 15 is 0 Å². The number of rotatable bonds is 3. The number of aryl methyl sites for hydroxylation is 1. The Hall–Kier alpha value is -2.58. The van der Waals surface area contributed by atoms with Crippen molar-refractivity contribution in [2.24, 2.45) is 12.8 Å². The molecule has 1 aromatic heterocycles. The minimum absolute atomic E-state index is 0.0726. The van der Waals surface area contributed by atoms with Gasteiger partial charge in [-0.3, -0.25) is 4.79 Å². The van der Waals surface area contributed by atoms with Crippen LogP contribution in [0.15, 0.2) is 36.8 Å². The quantitative estimate of drug-likeness (QED) is 0.854. The highest BCUT2D eigenvalue weighted by molar-refractivity contribution is 5.92. The summed E-state index contributed by atoms with van der Waals surface area (Å²) in [5, 5.41) is 0. The van der Waals surface area contributed by atoms with Crippen molar-refractivity contribution in [2.45, 2.75) is 6.54 Å². The van der Waals surface area contributed by atoms with E-state index in [1.165, 1.54) is 0 Å². The predicted octanol–water partition coefficient (Wildman–Crippen LogP) is 1.00. The third kappa shape index (κ3) is 3.50. The SMILES string of the molecule is CN(Cc1ccccc1C#CCN)C(=O)c1cncn1C. The Morgan fingerprint density at radius 2 is 2.19 bits per heavy atom. The lowest BCUT2D eigenvalue weighted by atomic mass is 10.1. The van der Waals surface area contributed by atoms with Gasteiger partial charge in [0.05, 0.1) is 19.1 Å². The van der Waals surface area contributed by atoms with Crippen molar-refractivity contribution >= 4 is 5.91 Å². The maximum Gasteiger partial charge on any atom is 0.272 e. The molecule has 1 amide bonds. The van der Waals surface area contributed by atoms with Gasteiger partial charge >= 0.3 is 0 Å². The van der Waals surface area contributed by atoms with Crippen LogP contribution in [0.5, 0.6) is 0 Å². The topological polar surface area (TPSA) is 64.2 Å². The monoisotopic (exact) mass is 282 g/mol. The van der Waals surface area contributed by atoms with E-state index in [9.17, 15) is 4.79 Å². The number of hydrogen-bond donors (Lipinski definition) is 1. The Labute approximate surface area is 124 Å². The van der Waals surface area contributed by atoms with E-state index in [4.69, 9.17) is 5.73 Å². The third-order valence-electron chi connectivity index (χ3n) is 3.13. The molecule has 108 valence electrons. The molecule has 21 heavy (non-hydrogen) atoms. The van der Waals surface area contributed by atoms with Gasteiger partial charge in [0, 0.05) is 26.2 Å². The summed E-state index contributed by atoms with van der Waals surface area (Å²) in [5.41, 5.74) is 7.86. The van der Waals surface area contributed by atoms with Gasteiger partial charge in [-0.05, 0) is 11.6 Å². The van der Waals surface area contributed by atoms with Crippen LogP contribution in [-0.4, -0.2) is 34.0 Å². The number of carbonyl (C=O) groups excluding carboxylic acids is 1. The average molecular weight is 282 g/mol. The molecule has 2 rings (SSSR count). The Morgan fingerprint density at radius 3 is 2.86 bits per heavy atom. The fourth-order valence-electron chi connectivity index (χ4n) is 2.01. The molecule has 5 nitrogen and oxygen atoms in total. The van der Waals surface area contributed by atoms with Gasteiger partial charge in [0.25, 0.3) is 5.91 Å². The molecule has 0 aliphatic carbocycles. The zero-order valence-corrected chi connectivity index (χ0v) is 12.2. The number of carbonyl (C=O) groups is 1. The summed E-state index contributed by atoms with van der Waals surface area (Å²) in [6.07, 6.45) is 3.18. The highest BCUT2D eigenvalue weighted by Gasteiger charge is 2.16. The van der Waals surface area contributed by atoms with Crippen LogP contribution in [0.4, 0.5) is 0 Å². The first-order valence-corrected chi connectivity index (χ1v) is 6.62. The molecule has 0 saturated heterocycles. The molecule has 1 aromatic carbocycles. The molecule has 0 radical (unpaired) electrons. The molecular weight excluding hydrogens is 264 g/mol. The predicted molar refractivity (Wildman–Crippen MR) is 81.4 cm³/mol. The normalized spacial score (nSPS) is 9.86. The summed E-state index contributed by atoms with van der Waals surface area (Å²) in [7, 11) is 3.57. The lowest BCUT2D eigenvalue weighted by Crippen LogP contribution is -2.28. The van der Waals surface area contributed by atoms with Crippen molar-refractivity contribution in [2.75, 3.05) is 13.6 Å². The molecule has 0 aliphatic rings. The van der Waals surface area contributed by atoms with Crippen molar-refractivity contribution in [1.82, 2.24) is 14.5 Å². The number of nitrogens with zero attached hydrogens (tertiary/aromatic N) is 3. The minimum atomic E-state index is -0.0726. The van der Waals surface area contributed by atoms with Crippen LogP contribution in [0.1, 0.15) is 21.6 Å². The zero-order valence-electron chi connectivity index (χ0n) is 12.2. The highest BCUT2D eigenvalue weighted by Crippen LogP contribution is 2.12. The van der Waals surface area contributed by atoms with Gasteiger partial charge < -0.3 is 15.2 Å². The second-order valence-electron chi connectivity index (χ2n) is 4.71. The maximum absolute atomic E-state index is 12.4. The fourth-order valence-corrected chi connectivity index (χ4v) is 2.01. The fraction of sp³-hybridized carbons (Fsp3) is 0.250. The van der Waals surface area contributed by atoms with Crippen molar-refractivity contribution in [3.63, 3.8) is 0 Å². The summed E-state index contributed by atoms with van der Waals surface area (Å²) < 4.78 is 1.71. The van der Waals surface area contributed by atoms with Crippen molar-refractivity contribution in [1.29, 1.82) is 0 Å². The Morgan fingerprint density at radius 1 is 1.43 bits per heavy atom.